The summed E-state index contributed by atoms with van der Waals surface area (Å²) < 4.78 is 14.8. The first-order valence-corrected chi connectivity index (χ1v) is 14.3. The minimum Gasteiger partial charge on any atom is -0.454 e. The van der Waals surface area contributed by atoms with Crippen molar-refractivity contribution >= 4 is 43.9 Å². The average Bonchev–Trinajstić information content (AvgIpc) is 3.48. The maximum Gasteiger partial charge on any atom is 0.198 e. The van der Waals surface area contributed by atoms with Gasteiger partial charge in [0, 0.05) is 34.7 Å². The second-order valence-electron chi connectivity index (χ2n) is 13.0. The maximum absolute atomic E-state index is 13.0. The van der Waals surface area contributed by atoms with Gasteiger partial charge in [-0.05, 0) is 58.9 Å². The Balaban J connectivity index is 1.37. The number of benzene rings is 3. The van der Waals surface area contributed by atoms with Crippen LogP contribution in [-0.4, -0.2) is 14.5 Å². The maximum atomic E-state index is 13.0. The summed E-state index contributed by atoms with van der Waals surface area (Å²) in [4.78, 5) is 21.1. The van der Waals surface area contributed by atoms with Gasteiger partial charge in [0.15, 0.2) is 16.9 Å². The minimum absolute atomic E-state index is 0.00590. The number of H-pyrrole nitrogens is 1. The van der Waals surface area contributed by atoms with Crippen LogP contribution in [0.15, 0.2) is 94.3 Å². The molecule has 210 valence electrons. The molecule has 6 nitrogen and oxygen atoms in total. The normalized spacial score (nSPS) is 12.6. The number of fused-ring (bicyclic) bond motifs is 6. The van der Waals surface area contributed by atoms with E-state index in [9.17, 15) is 4.79 Å². The summed E-state index contributed by atoms with van der Waals surface area (Å²) in [6.07, 6.45) is 1.88. The molecule has 0 amide bonds. The Morgan fingerprint density at radius 3 is 2.38 bits per heavy atom. The van der Waals surface area contributed by atoms with Crippen LogP contribution < -0.4 is 10.2 Å². The number of aromatic nitrogens is 3. The average molecular weight is 556 g/mol. The molecule has 0 aliphatic heterocycles. The van der Waals surface area contributed by atoms with Crippen LogP contribution in [0.1, 0.15) is 52.7 Å². The number of rotatable bonds is 3. The van der Waals surface area contributed by atoms with E-state index in [0.717, 1.165) is 33.2 Å². The first-order valence-electron chi connectivity index (χ1n) is 14.3. The fourth-order valence-corrected chi connectivity index (χ4v) is 5.79. The SMILES string of the molecule is CC(C)(C)c1ccnc(-n2c3ccccc3c3ccc(Oc4ccc5oc6c(C(C)(C)C)ccc(=O)c6c5[nH]4)cc32)c1. The molecule has 0 aliphatic carbocycles. The molecule has 0 aliphatic rings. The number of aromatic amines is 1. The molecular formula is C36H33N3O3. The van der Waals surface area contributed by atoms with Crippen molar-refractivity contribution in [1.82, 2.24) is 14.5 Å². The van der Waals surface area contributed by atoms with Gasteiger partial charge in [-0.25, -0.2) is 4.98 Å². The molecule has 0 fully saturated rings. The van der Waals surface area contributed by atoms with Crippen molar-refractivity contribution in [2.45, 2.75) is 52.4 Å². The third-order valence-electron chi connectivity index (χ3n) is 7.98. The van der Waals surface area contributed by atoms with Gasteiger partial charge in [-0.2, -0.15) is 0 Å². The van der Waals surface area contributed by atoms with Crippen molar-refractivity contribution in [3.05, 3.63) is 106 Å². The van der Waals surface area contributed by atoms with E-state index in [4.69, 9.17) is 14.1 Å². The van der Waals surface area contributed by atoms with E-state index in [1.54, 1.807) is 6.07 Å². The molecule has 4 heterocycles. The number of furan rings is 1. The monoisotopic (exact) mass is 555 g/mol. The molecule has 0 bridgehead atoms. The predicted octanol–water partition coefficient (Wildman–Crippen LogP) is 9.15. The van der Waals surface area contributed by atoms with Gasteiger partial charge in [0.1, 0.15) is 17.2 Å². The predicted molar refractivity (Wildman–Crippen MR) is 170 cm³/mol. The standard InChI is InChI=1S/C36H33N3O3/c1-35(2,3)21-17-18-37-30(19-21)39-26-10-8-7-9-23(26)24-12-11-22(20-27(24)39)41-31-16-15-29-33(38-31)32-28(40)14-13-25(34(32)42-29)36(4,5)6/h7-20,38H,1-6H3. The fraction of sp³-hybridized carbons (Fsp3) is 0.222. The van der Waals surface area contributed by atoms with Crippen LogP contribution in [-0.2, 0) is 10.8 Å². The van der Waals surface area contributed by atoms with Gasteiger partial charge in [-0.1, -0.05) is 65.8 Å². The molecule has 7 rings (SSSR count). The van der Waals surface area contributed by atoms with Crippen LogP contribution in [0.3, 0.4) is 0 Å². The topological polar surface area (TPSA) is 73.0 Å². The Labute approximate surface area is 243 Å². The highest BCUT2D eigenvalue weighted by Crippen LogP contribution is 2.37. The third kappa shape index (κ3) is 4.17. The largest absolute Gasteiger partial charge is 0.454 e. The Hall–Kier alpha value is -4.84. The third-order valence-corrected chi connectivity index (χ3v) is 7.98. The number of nitrogens with one attached hydrogen (secondary N) is 1. The Bertz CT molecular complexity index is 2220. The summed E-state index contributed by atoms with van der Waals surface area (Å²) in [5, 5.41) is 2.81. The van der Waals surface area contributed by atoms with Crippen LogP contribution in [0.5, 0.6) is 11.6 Å². The second kappa shape index (κ2) is 9.08. The van der Waals surface area contributed by atoms with Crippen LogP contribution in [0.25, 0.3) is 49.7 Å². The molecule has 0 spiro atoms. The van der Waals surface area contributed by atoms with E-state index in [1.165, 1.54) is 5.56 Å². The van der Waals surface area contributed by atoms with E-state index in [0.29, 0.717) is 33.7 Å². The van der Waals surface area contributed by atoms with E-state index in [1.807, 2.05) is 36.5 Å². The number of pyridine rings is 2. The zero-order chi connectivity index (χ0) is 29.4. The lowest BCUT2D eigenvalue weighted by atomic mass is 9.86. The fourth-order valence-electron chi connectivity index (χ4n) is 5.79. The molecule has 1 N–H and O–H groups in total. The van der Waals surface area contributed by atoms with Crippen LogP contribution in [0, 0.1) is 0 Å². The smallest absolute Gasteiger partial charge is 0.198 e. The van der Waals surface area contributed by atoms with Crippen molar-refractivity contribution in [3.8, 4) is 17.4 Å². The number of ether oxygens (including phenoxy) is 1. The molecule has 0 saturated heterocycles. The number of para-hydroxylation sites is 1. The highest BCUT2D eigenvalue weighted by atomic mass is 16.5. The van der Waals surface area contributed by atoms with Gasteiger partial charge in [-0.15, -0.1) is 0 Å². The van der Waals surface area contributed by atoms with Crippen molar-refractivity contribution in [2.75, 3.05) is 0 Å². The molecular weight excluding hydrogens is 522 g/mol. The molecule has 0 atom stereocenters. The summed E-state index contributed by atoms with van der Waals surface area (Å²) in [5.74, 6) is 2.04. The second-order valence-corrected chi connectivity index (χ2v) is 13.0. The minimum atomic E-state index is -0.172. The van der Waals surface area contributed by atoms with Crippen LogP contribution >= 0.6 is 0 Å². The summed E-state index contributed by atoms with van der Waals surface area (Å²) in [7, 11) is 0. The zero-order valence-corrected chi connectivity index (χ0v) is 24.7. The van der Waals surface area contributed by atoms with Crippen LogP contribution in [0.2, 0.25) is 0 Å². The Morgan fingerprint density at radius 1 is 0.810 bits per heavy atom. The molecule has 0 saturated carbocycles. The Morgan fingerprint density at radius 2 is 1.60 bits per heavy atom. The van der Waals surface area contributed by atoms with Gasteiger partial charge < -0.3 is 14.1 Å². The van der Waals surface area contributed by atoms with Gasteiger partial charge in [-0.3, -0.25) is 9.36 Å². The highest BCUT2D eigenvalue weighted by molar-refractivity contribution is 6.09. The lowest BCUT2D eigenvalue weighted by molar-refractivity contribution is 0.465. The summed E-state index contributed by atoms with van der Waals surface area (Å²) >= 11 is 0. The van der Waals surface area contributed by atoms with Crippen molar-refractivity contribution in [3.63, 3.8) is 0 Å². The Kier molecular flexibility index (Phi) is 5.64. The molecule has 6 heteroatoms. The van der Waals surface area contributed by atoms with Crippen molar-refractivity contribution < 1.29 is 9.15 Å². The van der Waals surface area contributed by atoms with Gasteiger partial charge in [0.25, 0.3) is 0 Å². The number of hydrogen-bond donors (Lipinski definition) is 1. The summed E-state index contributed by atoms with van der Waals surface area (Å²) in [6.45, 7) is 13.0. The van der Waals surface area contributed by atoms with Crippen molar-refractivity contribution in [1.29, 1.82) is 0 Å². The summed E-state index contributed by atoms with van der Waals surface area (Å²) in [6, 6.07) is 25.9. The molecule has 0 unspecified atom stereocenters. The summed E-state index contributed by atoms with van der Waals surface area (Å²) in [5.41, 5.74) is 5.90. The number of nitrogens with zero attached hydrogens (tertiary/aromatic N) is 2. The van der Waals surface area contributed by atoms with E-state index in [-0.39, 0.29) is 16.3 Å². The number of hydrogen-bond acceptors (Lipinski definition) is 4. The molecule has 0 radical (unpaired) electrons. The van der Waals surface area contributed by atoms with Gasteiger partial charge in [0.2, 0.25) is 0 Å². The van der Waals surface area contributed by atoms with Crippen molar-refractivity contribution in [2.24, 2.45) is 0 Å². The zero-order valence-electron chi connectivity index (χ0n) is 24.7. The molecule has 4 aromatic heterocycles. The van der Waals surface area contributed by atoms with E-state index in [2.05, 4.69) is 93.6 Å². The molecule has 42 heavy (non-hydrogen) atoms. The molecule has 3 aromatic carbocycles. The van der Waals surface area contributed by atoms with Crippen LogP contribution in [0.4, 0.5) is 0 Å². The highest BCUT2D eigenvalue weighted by Gasteiger charge is 2.23. The van der Waals surface area contributed by atoms with Gasteiger partial charge in [0.05, 0.1) is 21.9 Å². The lowest BCUT2D eigenvalue weighted by Gasteiger charge is -2.20. The van der Waals surface area contributed by atoms with E-state index >= 15 is 0 Å². The lowest BCUT2D eigenvalue weighted by Crippen LogP contribution is -2.13. The first kappa shape index (κ1) is 26.1. The van der Waals surface area contributed by atoms with Gasteiger partial charge >= 0.3 is 0 Å². The quantitative estimate of drug-likeness (QED) is 0.236. The van der Waals surface area contributed by atoms with E-state index < -0.39 is 0 Å². The molecule has 7 aromatic rings. The first-order chi connectivity index (χ1) is 20.0.